The first-order valence-corrected chi connectivity index (χ1v) is 10.0. The Bertz CT molecular complexity index is 1220. The molecular formula is C22H20FN5O3. The van der Waals surface area contributed by atoms with Gasteiger partial charge in [0.1, 0.15) is 23.7 Å². The quantitative estimate of drug-likeness (QED) is 0.551. The van der Waals surface area contributed by atoms with Crippen molar-refractivity contribution in [2.75, 3.05) is 11.9 Å². The van der Waals surface area contributed by atoms with E-state index >= 15 is 0 Å². The number of aromatic amines is 1. The third-order valence-corrected chi connectivity index (χ3v) is 5.88. The van der Waals surface area contributed by atoms with Gasteiger partial charge >= 0.3 is 6.03 Å². The highest BCUT2D eigenvalue weighted by molar-refractivity contribution is 6.10. The second-order valence-corrected chi connectivity index (χ2v) is 8.17. The first-order valence-electron chi connectivity index (χ1n) is 10.0. The summed E-state index contributed by atoms with van der Waals surface area (Å²) >= 11 is 0. The van der Waals surface area contributed by atoms with E-state index in [4.69, 9.17) is 0 Å². The van der Waals surface area contributed by atoms with Crippen molar-refractivity contribution in [3.63, 3.8) is 0 Å². The van der Waals surface area contributed by atoms with Crippen LogP contribution < -0.4 is 10.6 Å². The zero-order valence-corrected chi connectivity index (χ0v) is 16.7. The topological polar surface area (TPSA) is 107 Å². The first-order chi connectivity index (χ1) is 14.8. The Morgan fingerprint density at radius 2 is 1.97 bits per heavy atom. The Labute approximate surface area is 176 Å². The molecule has 3 N–H and O–H groups in total. The first kappa shape index (κ1) is 19.2. The van der Waals surface area contributed by atoms with Gasteiger partial charge in [-0.1, -0.05) is 0 Å². The molecule has 0 radical (unpaired) electrons. The summed E-state index contributed by atoms with van der Waals surface area (Å²) in [6.07, 6.45) is 1.79. The maximum absolute atomic E-state index is 13.1. The molecule has 1 aliphatic carbocycles. The molecule has 5 rings (SSSR count). The van der Waals surface area contributed by atoms with E-state index in [0.29, 0.717) is 22.5 Å². The number of imidazole rings is 1. The molecule has 31 heavy (non-hydrogen) atoms. The van der Waals surface area contributed by atoms with Crippen molar-refractivity contribution in [3.8, 4) is 11.4 Å². The summed E-state index contributed by atoms with van der Waals surface area (Å²) < 4.78 is 13.1. The van der Waals surface area contributed by atoms with Crippen LogP contribution in [-0.4, -0.2) is 44.8 Å². The highest BCUT2D eigenvalue weighted by Crippen LogP contribution is 2.42. The normalized spacial score (nSPS) is 20.9. The SMILES string of the molecule is C[C@]1(C2CC2)NC(=O)N(CC(=O)Nc2ccc3nc(-c4ccc(F)cc4)[nH]c3c2)C1=O. The highest BCUT2D eigenvalue weighted by atomic mass is 19.1. The van der Waals surface area contributed by atoms with Gasteiger partial charge in [-0.05, 0) is 68.1 Å². The number of anilines is 1. The molecule has 1 saturated carbocycles. The third kappa shape index (κ3) is 3.41. The van der Waals surface area contributed by atoms with Crippen molar-refractivity contribution in [2.24, 2.45) is 5.92 Å². The van der Waals surface area contributed by atoms with Gasteiger partial charge in [0.05, 0.1) is 11.0 Å². The molecule has 1 aromatic heterocycles. The van der Waals surface area contributed by atoms with Crippen LogP contribution in [0, 0.1) is 11.7 Å². The average Bonchev–Trinajstić information content (AvgIpc) is 3.48. The molecule has 0 spiro atoms. The minimum absolute atomic E-state index is 0.134. The predicted molar refractivity (Wildman–Crippen MR) is 111 cm³/mol. The summed E-state index contributed by atoms with van der Waals surface area (Å²) in [6.45, 7) is 1.36. The molecule has 0 bridgehead atoms. The van der Waals surface area contributed by atoms with Gasteiger partial charge in [0.25, 0.3) is 5.91 Å². The van der Waals surface area contributed by atoms with Gasteiger partial charge in [-0.2, -0.15) is 0 Å². The summed E-state index contributed by atoms with van der Waals surface area (Å²) in [6, 6.07) is 10.6. The molecule has 2 aromatic carbocycles. The van der Waals surface area contributed by atoms with Crippen LogP contribution in [0.1, 0.15) is 19.8 Å². The van der Waals surface area contributed by atoms with Crippen molar-refractivity contribution in [1.82, 2.24) is 20.2 Å². The van der Waals surface area contributed by atoms with Gasteiger partial charge < -0.3 is 15.6 Å². The minimum Gasteiger partial charge on any atom is -0.338 e. The lowest BCUT2D eigenvalue weighted by Crippen LogP contribution is -2.46. The van der Waals surface area contributed by atoms with Gasteiger partial charge in [0.15, 0.2) is 0 Å². The molecule has 4 amide bonds. The van der Waals surface area contributed by atoms with E-state index in [-0.39, 0.29) is 24.2 Å². The lowest BCUT2D eigenvalue weighted by atomic mass is 9.96. The van der Waals surface area contributed by atoms with Crippen molar-refractivity contribution in [3.05, 3.63) is 48.3 Å². The van der Waals surface area contributed by atoms with Crippen LogP contribution >= 0.6 is 0 Å². The molecule has 8 nitrogen and oxygen atoms in total. The zero-order chi connectivity index (χ0) is 21.8. The number of imide groups is 1. The second kappa shape index (κ2) is 6.90. The smallest absolute Gasteiger partial charge is 0.325 e. The van der Waals surface area contributed by atoms with E-state index in [1.807, 2.05) is 0 Å². The monoisotopic (exact) mass is 421 g/mol. The minimum atomic E-state index is -0.914. The number of carbonyl (C=O) groups excluding carboxylic acids is 3. The standard InChI is InChI=1S/C22H20FN5O3/c1-22(13-4-5-13)20(30)28(21(31)27-22)11-18(29)24-15-8-9-16-17(10-15)26-19(25-16)12-2-6-14(23)7-3-12/h2-3,6-10,13H,4-5,11H2,1H3,(H,24,29)(H,25,26)(H,27,31)/t22-/m1/s1. The van der Waals surface area contributed by atoms with Gasteiger partial charge in [0, 0.05) is 11.3 Å². The number of H-pyrrole nitrogens is 1. The predicted octanol–water partition coefficient (Wildman–Crippen LogP) is 3.03. The van der Waals surface area contributed by atoms with Crippen LogP contribution in [0.3, 0.4) is 0 Å². The number of rotatable bonds is 5. The molecule has 1 saturated heterocycles. The summed E-state index contributed by atoms with van der Waals surface area (Å²) in [5.74, 6) is -0.441. The van der Waals surface area contributed by atoms with Crippen LogP contribution in [-0.2, 0) is 9.59 Å². The fraction of sp³-hybridized carbons (Fsp3) is 0.273. The summed E-state index contributed by atoms with van der Waals surface area (Å²) in [7, 11) is 0. The number of nitrogens with one attached hydrogen (secondary N) is 3. The molecule has 158 valence electrons. The van der Waals surface area contributed by atoms with E-state index < -0.39 is 17.5 Å². The summed E-state index contributed by atoms with van der Waals surface area (Å²) in [5, 5.41) is 5.45. The van der Waals surface area contributed by atoms with Crippen LogP contribution in [0.2, 0.25) is 0 Å². The number of amides is 4. The van der Waals surface area contributed by atoms with Gasteiger partial charge in [-0.3, -0.25) is 14.5 Å². The Morgan fingerprint density at radius 1 is 1.23 bits per heavy atom. The van der Waals surface area contributed by atoms with E-state index in [1.54, 1.807) is 37.3 Å². The lowest BCUT2D eigenvalue weighted by molar-refractivity contribution is -0.134. The van der Waals surface area contributed by atoms with Crippen LogP contribution in [0.25, 0.3) is 22.4 Å². The van der Waals surface area contributed by atoms with Crippen LogP contribution in [0.5, 0.6) is 0 Å². The zero-order valence-electron chi connectivity index (χ0n) is 16.7. The molecule has 1 aliphatic heterocycles. The summed E-state index contributed by atoms with van der Waals surface area (Å²) in [4.78, 5) is 46.0. The number of urea groups is 1. The van der Waals surface area contributed by atoms with Gasteiger partial charge in [-0.25, -0.2) is 14.2 Å². The molecule has 0 unspecified atom stereocenters. The number of aromatic nitrogens is 2. The Hall–Kier alpha value is -3.75. The number of carbonyl (C=O) groups is 3. The molecular weight excluding hydrogens is 401 g/mol. The van der Waals surface area contributed by atoms with E-state index in [0.717, 1.165) is 23.3 Å². The number of halogens is 1. The van der Waals surface area contributed by atoms with Crippen molar-refractivity contribution >= 4 is 34.6 Å². The molecule has 2 aliphatic rings. The van der Waals surface area contributed by atoms with Crippen molar-refractivity contribution in [2.45, 2.75) is 25.3 Å². The fourth-order valence-electron chi connectivity index (χ4n) is 3.97. The average molecular weight is 421 g/mol. The van der Waals surface area contributed by atoms with E-state index in [1.165, 1.54) is 12.1 Å². The van der Waals surface area contributed by atoms with Crippen LogP contribution in [0.4, 0.5) is 14.9 Å². The maximum Gasteiger partial charge on any atom is 0.325 e. The lowest BCUT2D eigenvalue weighted by Gasteiger charge is -2.20. The molecule has 2 fully saturated rings. The Balaban J connectivity index is 1.30. The molecule has 2 heterocycles. The van der Waals surface area contributed by atoms with Crippen molar-refractivity contribution < 1.29 is 18.8 Å². The number of nitrogens with zero attached hydrogens (tertiary/aromatic N) is 2. The fourth-order valence-corrected chi connectivity index (χ4v) is 3.97. The number of benzene rings is 2. The van der Waals surface area contributed by atoms with Crippen LogP contribution in [0.15, 0.2) is 42.5 Å². The number of fused-ring (bicyclic) bond motifs is 1. The largest absolute Gasteiger partial charge is 0.338 e. The molecule has 3 aromatic rings. The molecule has 1 atom stereocenters. The number of hydrogen-bond acceptors (Lipinski definition) is 4. The highest BCUT2D eigenvalue weighted by Gasteiger charge is 2.56. The maximum atomic E-state index is 13.1. The summed E-state index contributed by atoms with van der Waals surface area (Å²) in [5.41, 5.74) is 1.70. The third-order valence-electron chi connectivity index (χ3n) is 5.88. The van der Waals surface area contributed by atoms with Crippen molar-refractivity contribution in [1.29, 1.82) is 0 Å². The van der Waals surface area contributed by atoms with Gasteiger partial charge in [-0.15, -0.1) is 0 Å². The van der Waals surface area contributed by atoms with E-state index in [2.05, 4.69) is 20.6 Å². The second-order valence-electron chi connectivity index (χ2n) is 8.17. The van der Waals surface area contributed by atoms with E-state index in [9.17, 15) is 18.8 Å². The Kier molecular flexibility index (Phi) is 4.28. The number of hydrogen-bond donors (Lipinski definition) is 3. The van der Waals surface area contributed by atoms with Gasteiger partial charge in [0.2, 0.25) is 5.91 Å². The Morgan fingerprint density at radius 3 is 2.68 bits per heavy atom. The molecule has 9 heteroatoms.